The monoisotopic (exact) mass is 459 g/mol. The Morgan fingerprint density at radius 1 is 1.00 bits per heavy atom. The highest BCUT2D eigenvalue weighted by Crippen LogP contribution is 2.25. The maximum absolute atomic E-state index is 12.7. The number of amides is 1. The van der Waals surface area contributed by atoms with Gasteiger partial charge in [0.05, 0.1) is 5.56 Å². The molecule has 0 aromatic heterocycles. The van der Waals surface area contributed by atoms with E-state index in [-0.39, 0.29) is 24.5 Å². The smallest absolute Gasteiger partial charge is 0.408 e. The molecule has 0 aliphatic carbocycles. The van der Waals surface area contributed by atoms with Crippen molar-refractivity contribution in [2.24, 2.45) is 0 Å². The van der Waals surface area contributed by atoms with E-state index in [4.69, 9.17) is 14.2 Å². The summed E-state index contributed by atoms with van der Waals surface area (Å²) in [4.78, 5) is 37.1. The standard InChI is InChI=1S/C24H29NO8/c1-15(32-21(28)17-8-6-5-7-9-17)14-31-22(29)18(25-23(30)33-24(2,3)4)12-16-10-11-19(26)20(27)13-16/h5-11,13,15,18,26-27H,12,14H2,1-4H3,(H,25,30)/t15?,18-/m0/s1. The van der Waals surface area contributed by atoms with Gasteiger partial charge in [0.15, 0.2) is 11.5 Å². The lowest BCUT2D eigenvalue weighted by atomic mass is 10.1. The number of carbonyl (C=O) groups is 3. The van der Waals surface area contributed by atoms with E-state index >= 15 is 0 Å². The van der Waals surface area contributed by atoms with Gasteiger partial charge in [-0.3, -0.25) is 0 Å². The Morgan fingerprint density at radius 2 is 1.67 bits per heavy atom. The number of esters is 2. The van der Waals surface area contributed by atoms with Crippen LogP contribution in [0.3, 0.4) is 0 Å². The number of ether oxygens (including phenoxy) is 3. The number of phenols is 2. The predicted molar refractivity (Wildman–Crippen MR) is 119 cm³/mol. The Kier molecular flexibility index (Phi) is 8.67. The van der Waals surface area contributed by atoms with Gasteiger partial charge in [-0.1, -0.05) is 24.3 Å². The minimum absolute atomic E-state index is 0.0376. The van der Waals surface area contributed by atoms with Crippen LogP contribution in [0.5, 0.6) is 11.5 Å². The Hall–Kier alpha value is -3.75. The zero-order valence-electron chi connectivity index (χ0n) is 19.0. The molecule has 9 nitrogen and oxygen atoms in total. The van der Waals surface area contributed by atoms with Gasteiger partial charge in [-0.15, -0.1) is 0 Å². The summed E-state index contributed by atoms with van der Waals surface area (Å²) in [5, 5.41) is 21.7. The first-order valence-electron chi connectivity index (χ1n) is 10.4. The summed E-state index contributed by atoms with van der Waals surface area (Å²) in [7, 11) is 0. The molecule has 33 heavy (non-hydrogen) atoms. The molecular weight excluding hydrogens is 430 g/mol. The lowest BCUT2D eigenvalue weighted by Gasteiger charge is -2.23. The fourth-order valence-electron chi connectivity index (χ4n) is 2.73. The first-order valence-corrected chi connectivity index (χ1v) is 10.4. The molecule has 9 heteroatoms. The van der Waals surface area contributed by atoms with Crippen LogP contribution in [0.15, 0.2) is 48.5 Å². The van der Waals surface area contributed by atoms with Crippen molar-refractivity contribution in [3.8, 4) is 11.5 Å². The molecule has 0 bridgehead atoms. The number of rotatable bonds is 8. The number of carbonyl (C=O) groups excluding carboxylic acids is 3. The number of nitrogens with one attached hydrogen (secondary N) is 1. The summed E-state index contributed by atoms with van der Waals surface area (Å²) in [6.45, 7) is 6.38. The molecule has 0 aliphatic heterocycles. The van der Waals surface area contributed by atoms with Gasteiger partial charge in [0.25, 0.3) is 0 Å². The summed E-state index contributed by atoms with van der Waals surface area (Å²) < 4.78 is 15.7. The van der Waals surface area contributed by atoms with Crippen LogP contribution in [-0.4, -0.2) is 52.6 Å². The number of phenolic OH excluding ortho intramolecular Hbond substituents is 2. The first-order chi connectivity index (χ1) is 15.4. The van der Waals surface area contributed by atoms with E-state index in [1.165, 1.54) is 18.2 Å². The fraction of sp³-hybridized carbons (Fsp3) is 0.375. The highest BCUT2D eigenvalue weighted by Gasteiger charge is 2.27. The molecule has 1 amide bonds. The maximum Gasteiger partial charge on any atom is 0.408 e. The summed E-state index contributed by atoms with van der Waals surface area (Å²) in [5.74, 6) is -2.01. The van der Waals surface area contributed by atoms with Gasteiger partial charge in [0.1, 0.15) is 24.4 Å². The van der Waals surface area contributed by atoms with Crippen molar-refractivity contribution in [2.75, 3.05) is 6.61 Å². The molecule has 3 N–H and O–H groups in total. The third-order valence-electron chi connectivity index (χ3n) is 4.23. The van der Waals surface area contributed by atoms with E-state index in [0.717, 1.165) is 0 Å². The first kappa shape index (κ1) is 25.5. The van der Waals surface area contributed by atoms with Crippen molar-refractivity contribution in [1.29, 1.82) is 0 Å². The molecule has 2 aromatic carbocycles. The van der Waals surface area contributed by atoms with E-state index < -0.39 is 35.8 Å². The average Bonchev–Trinajstić information content (AvgIpc) is 2.73. The number of hydrogen-bond acceptors (Lipinski definition) is 8. The molecule has 0 aliphatic rings. The molecular formula is C24H29NO8. The molecule has 0 fully saturated rings. The van der Waals surface area contributed by atoms with Gasteiger partial charge in [0.2, 0.25) is 0 Å². The second-order valence-electron chi connectivity index (χ2n) is 8.44. The summed E-state index contributed by atoms with van der Waals surface area (Å²) >= 11 is 0. The van der Waals surface area contributed by atoms with Crippen molar-refractivity contribution < 1.29 is 38.8 Å². The van der Waals surface area contributed by atoms with Crippen LogP contribution in [0.1, 0.15) is 43.6 Å². The average molecular weight is 459 g/mol. The minimum Gasteiger partial charge on any atom is -0.504 e. The molecule has 178 valence electrons. The molecule has 0 spiro atoms. The van der Waals surface area contributed by atoms with E-state index in [1.807, 2.05) is 0 Å². The Labute approximate surface area is 192 Å². The number of alkyl carbamates (subject to hydrolysis) is 1. The zero-order chi connectivity index (χ0) is 24.6. The molecule has 0 radical (unpaired) electrons. The van der Waals surface area contributed by atoms with Crippen molar-refractivity contribution >= 4 is 18.0 Å². The second-order valence-corrected chi connectivity index (χ2v) is 8.44. The number of hydrogen-bond donors (Lipinski definition) is 3. The van der Waals surface area contributed by atoms with Crippen LogP contribution in [-0.2, 0) is 25.4 Å². The van der Waals surface area contributed by atoms with Gasteiger partial charge in [-0.2, -0.15) is 0 Å². The zero-order valence-corrected chi connectivity index (χ0v) is 19.0. The summed E-state index contributed by atoms with van der Waals surface area (Å²) in [6.07, 6.45) is -1.60. The molecule has 2 rings (SSSR count). The number of benzene rings is 2. The van der Waals surface area contributed by atoms with Gasteiger partial charge < -0.3 is 29.7 Å². The fourth-order valence-corrected chi connectivity index (χ4v) is 2.73. The molecule has 2 atom stereocenters. The van der Waals surface area contributed by atoms with E-state index in [1.54, 1.807) is 58.0 Å². The van der Waals surface area contributed by atoms with Gasteiger partial charge in [0, 0.05) is 6.42 Å². The second kappa shape index (κ2) is 11.2. The topological polar surface area (TPSA) is 131 Å². The van der Waals surface area contributed by atoms with Crippen LogP contribution in [0.2, 0.25) is 0 Å². The SMILES string of the molecule is CC(COC(=O)[C@H](Cc1ccc(O)c(O)c1)NC(=O)OC(C)(C)C)OC(=O)c1ccccc1. The summed E-state index contributed by atoms with van der Waals surface area (Å²) in [6, 6.07) is 11.3. The Bertz CT molecular complexity index is 968. The molecule has 0 heterocycles. The molecule has 2 aromatic rings. The Balaban J connectivity index is 2.02. The van der Waals surface area contributed by atoms with Crippen molar-refractivity contribution in [3.63, 3.8) is 0 Å². The van der Waals surface area contributed by atoms with Crippen molar-refractivity contribution in [2.45, 2.75) is 51.9 Å². The minimum atomic E-state index is -1.15. The maximum atomic E-state index is 12.7. The van der Waals surface area contributed by atoms with Crippen molar-refractivity contribution in [1.82, 2.24) is 5.32 Å². The van der Waals surface area contributed by atoms with Crippen LogP contribution >= 0.6 is 0 Å². The van der Waals surface area contributed by atoms with Crippen molar-refractivity contribution in [3.05, 3.63) is 59.7 Å². The Morgan fingerprint density at radius 3 is 2.27 bits per heavy atom. The molecule has 1 unspecified atom stereocenters. The third kappa shape index (κ3) is 8.72. The van der Waals surface area contributed by atoms with Crippen LogP contribution in [0, 0.1) is 0 Å². The quantitative estimate of drug-likeness (QED) is 0.311. The normalized spacial score (nSPS) is 12.8. The molecule has 0 saturated carbocycles. The van der Waals surface area contributed by atoms with Gasteiger partial charge in [-0.25, -0.2) is 14.4 Å². The van der Waals surface area contributed by atoms with Gasteiger partial charge >= 0.3 is 18.0 Å². The van der Waals surface area contributed by atoms with Gasteiger partial charge in [-0.05, 0) is 57.5 Å². The van der Waals surface area contributed by atoms with Crippen LogP contribution in [0.25, 0.3) is 0 Å². The van der Waals surface area contributed by atoms with Crippen LogP contribution in [0.4, 0.5) is 4.79 Å². The predicted octanol–water partition coefficient (Wildman–Crippen LogP) is 3.32. The van der Waals surface area contributed by atoms with E-state index in [0.29, 0.717) is 11.1 Å². The lowest BCUT2D eigenvalue weighted by Crippen LogP contribution is -2.46. The lowest BCUT2D eigenvalue weighted by molar-refractivity contribution is -0.149. The van der Waals surface area contributed by atoms with E-state index in [2.05, 4.69) is 5.32 Å². The number of aromatic hydroxyl groups is 2. The largest absolute Gasteiger partial charge is 0.504 e. The van der Waals surface area contributed by atoms with Crippen LogP contribution < -0.4 is 5.32 Å². The molecule has 0 saturated heterocycles. The summed E-state index contributed by atoms with van der Waals surface area (Å²) in [5.41, 5.74) is 0.0503. The highest BCUT2D eigenvalue weighted by atomic mass is 16.6. The highest BCUT2D eigenvalue weighted by molar-refractivity contribution is 5.89. The third-order valence-corrected chi connectivity index (χ3v) is 4.23. The van der Waals surface area contributed by atoms with E-state index in [9.17, 15) is 24.6 Å².